The minimum Gasteiger partial charge on any atom is -0.392 e. The van der Waals surface area contributed by atoms with Crippen molar-refractivity contribution in [1.82, 2.24) is 0 Å². The van der Waals surface area contributed by atoms with E-state index in [2.05, 4.69) is 34.3 Å². The Morgan fingerprint density at radius 3 is 2.50 bits per heavy atom. The predicted molar refractivity (Wildman–Crippen MR) is 90.4 cm³/mol. The quantitative estimate of drug-likeness (QED) is 0.658. The molecule has 0 aromatic carbocycles. The van der Waals surface area contributed by atoms with Crippen molar-refractivity contribution in [1.29, 1.82) is 0 Å². The first-order chi connectivity index (χ1) is 10.2. The van der Waals surface area contributed by atoms with E-state index in [1.54, 1.807) is 0 Å². The molecule has 0 aromatic rings. The largest absolute Gasteiger partial charge is 0.392 e. The topological polar surface area (TPSA) is 40.5 Å². The Balaban J connectivity index is 2.13. The molecular formula is C20H32O2. The van der Waals surface area contributed by atoms with E-state index in [0.29, 0.717) is 0 Å². The summed E-state index contributed by atoms with van der Waals surface area (Å²) < 4.78 is 0. The Kier molecular flexibility index (Phi) is 3.85. The highest BCUT2D eigenvalue weighted by Crippen LogP contribution is 2.58. The van der Waals surface area contributed by atoms with Gasteiger partial charge in [0.15, 0.2) is 0 Å². The van der Waals surface area contributed by atoms with E-state index < -0.39 is 0 Å². The van der Waals surface area contributed by atoms with Crippen molar-refractivity contribution in [3.63, 3.8) is 0 Å². The predicted octanol–water partition coefficient (Wildman–Crippen LogP) is 4.23. The lowest BCUT2D eigenvalue weighted by molar-refractivity contribution is -0.0786. The molecule has 2 fully saturated rings. The van der Waals surface area contributed by atoms with Crippen LogP contribution in [0, 0.1) is 22.7 Å². The summed E-state index contributed by atoms with van der Waals surface area (Å²) in [5, 5.41) is 22.3. The monoisotopic (exact) mass is 304 g/mol. The van der Waals surface area contributed by atoms with Gasteiger partial charge in [0.05, 0.1) is 12.2 Å². The summed E-state index contributed by atoms with van der Waals surface area (Å²) in [6.07, 6.45) is 5.34. The second-order valence-corrected chi connectivity index (χ2v) is 8.91. The van der Waals surface area contributed by atoms with Crippen LogP contribution in [0.5, 0.6) is 0 Å². The SMILES string of the molecule is C=C1CCC[C@@]2(C)C[C@H](O)C3=C(C)CC[C@@H]([C@@H](O)[C@H]12)C3(C)C. The van der Waals surface area contributed by atoms with Gasteiger partial charge in [-0.3, -0.25) is 0 Å². The van der Waals surface area contributed by atoms with Gasteiger partial charge in [0, 0.05) is 5.92 Å². The standard InChI is InChI=1S/C20H32O2/c1-12-7-6-10-20(5)11-15(21)16-13(2)8-9-14(19(16,3)4)18(22)17(12)20/h14-15,17-18,21-22H,1,6-11H2,2-5H3/t14-,15-,17-,18+,20-/m0/s1. The lowest BCUT2D eigenvalue weighted by Crippen LogP contribution is -2.53. The van der Waals surface area contributed by atoms with E-state index in [9.17, 15) is 10.2 Å². The Morgan fingerprint density at radius 1 is 1.14 bits per heavy atom. The van der Waals surface area contributed by atoms with Gasteiger partial charge >= 0.3 is 0 Å². The van der Waals surface area contributed by atoms with E-state index in [4.69, 9.17) is 0 Å². The molecule has 3 rings (SSSR count). The fourth-order valence-corrected chi connectivity index (χ4v) is 6.11. The van der Waals surface area contributed by atoms with Crippen LogP contribution in [0.4, 0.5) is 0 Å². The molecule has 5 atom stereocenters. The van der Waals surface area contributed by atoms with Crippen LogP contribution < -0.4 is 0 Å². The Morgan fingerprint density at radius 2 is 1.82 bits per heavy atom. The average molecular weight is 304 g/mol. The molecule has 2 bridgehead atoms. The van der Waals surface area contributed by atoms with Crippen LogP contribution in [0.15, 0.2) is 23.3 Å². The second-order valence-electron chi connectivity index (χ2n) is 8.91. The van der Waals surface area contributed by atoms with Gasteiger partial charge in [-0.1, -0.05) is 38.5 Å². The number of hydrogen-bond acceptors (Lipinski definition) is 2. The summed E-state index contributed by atoms with van der Waals surface area (Å²) in [6.45, 7) is 13.2. The zero-order valence-corrected chi connectivity index (χ0v) is 14.7. The van der Waals surface area contributed by atoms with Gasteiger partial charge in [0.2, 0.25) is 0 Å². The van der Waals surface area contributed by atoms with Crippen LogP contribution in [0.2, 0.25) is 0 Å². The van der Waals surface area contributed by atoms with E-state index >= 15 is 0 Å². The van der Waals surface area contributed by atoms with E-state index in [1.165, 1.54) is 16.7 Å². The lowest BCUT2D eigenvalue weighted by atomic mass is 9.51. The summed E-state index contributed by atoms with van der Waals surface area (Å²) in [4.78, 5) is 0. The zero-order valence-electron chi connectivity index (χ0n) is 14.7. The molecule has 2 nitrogen and oxygen atoms in total. The number of fused-ring (bicyclic) bond motifs is 3. The molecule has 0 saturated heterocycles. The van der Waals surface area contributed by atoms with E-state index in [1.807, 2.05) is 0 Å². The molecule has 0 radical (unpaired) electrons. The Labute approximate surface area is 135 Å². The molecule has 22 heavy (non-hydrogen) atoms. The molecule has 3 aliphatic carbocycles. The maximum absolute atomic E-state index is 11.3. The first-order valence-corrected chi connectivity index (χ1v) is 8.92. The summed E-state index contributed by atoms with van der Waals surface area (Å²) >= 11 is 0. The third-order valence-electron chi connectivity index (χ3n) is 7.09. The van der Waals surface area contributed by atoms with Crippen molar-refractivity contribution in [2.24, 2.45) is 22.7 Å². The van der Waals surface area contributed by atoms with Crippen LogP contribution >= 0.6 is 0 Å². The van der Waals surface area contributed by atoms with Gasteiger partial charge in [-0.25, -0.2) is 0 Å². The summed E-state index contributed by atoms with van der Waals surface area (Å²) in [7, 11) is 0. The van der Waals surface area contributed by atoms with E-state index in [-0.39, 0.29) is 34.9 Å². The fraction of sp³-hybridized carbons (Fsp3) is 0.800. The summed E-state index contributed by atoms with van der Waals surface area (Å²) in [5.41, 5.74) is 3.61. The minimum atomic E-state index is -0.372. The van der Waals surface area contributed by atoms with Crippen molar-refractivity contribution in [2.45, 2.75) is 78.4 Å². The second kappa shape index (κ2) is 5.21. The molecule has 2 N–H and O–H groups in total. The maximum atomic E-state index is 11.3. The van der Waals surface area contributed by atoms with Crippen molar-refractivity contribution in [2.75, 3.05) is 0 Å². The van der Waals surface area contributed by atoms with Crippen molar-refractivity contribution in [3.05, 3.63) is 23.3 Å². The van der Waals surface area contributed by atoms with Gasteiger partial charge in [-0.15, -0.1) is 0 Å². The number of rotatable bonds is 0. The normalized spacial score (nSPS) is 45.1. The molecule has 0 amide bonds. The number of hydrogen-bond donors (Lipinski definition) is 2. The first-order valence-electron chi connectivity index (χ1n) is 8.92. The average Bonchev–Trinajstić information content (AvgIpc) is 2.35. The van der Waals surface area contributed by atoms with Crippen LogP contribution in [-0.4, -0.2) is 22.4 Å². The van der Waals surface area contributed by atoms with Crippen LogP contribution in [-0.2, 0) is 0 Å². The number of allylic oxidation sites excluding steroid dienone is 1. The van der Waals surface area contributed by atoms with Gasteiger partial charge < -0.3 is 10.2 Å². The molecule has 3 aliphatic rings. The van der Waals surface area contributed by atoms with Gasteiger partial charge in [0.1, 0.15) is 0 Å². The van der Waals surface area contributed by atoms with E-state index in [0.717, 1.165) is 38.5 Å². The van der Waals surface area contributed by atoms with Crippen molar-refractivity contribution in [3.8, 4) is 0 Å². The Bertz CT molecular complexity index is 516. The molecular weight excluding hydrogens is 272 g/mol. The molecule has 0 heterocycles. The zero-order chi connectivity index (χ0) is 16.3. The highest BCUT2D eigenvalue weighted by molar-refractivity contribution is 5.31. The smallest absolute Gasteiger partial charge is 0.0763 e. The summed E-state index contributed by atoms with van der Waals surface area (Å²) in [5.74, 6) is 0.362. The van der Waals surface area contributed by atoms with Crippen LogP contribution in [0.3, 0.4) is 0 Å². The van der Waals surface area contributed by atoms with Crippen LogP contribution in [0.25, 0.3) is 0 Å². The highest BCUT2D eigenvalue weighted by atomic mass is 16.3. The Hall–Kier alpha value is -0.600. The van der Waals surface area contributed by atoms with Crippen molar-refractivity contribution >= 4 is 0 Å². The lowest BCUT2D eigenvalue weighted by Gasteiger charge is -2.56. The first kappa shape index (κ1) is 16.3. The molecule has 0 unspecified atom stereocenters. The fourth-order valence-electron chi connectivity index (χ4n) is 6.11. The summed E-state index contributed by atoms with van der Waals surface area (Å²) in [6, 6.07) is 0. The van der Waals surface area contributed by atoms with Gasteiger partial charge in [-0.2, -0.15) is 0 Å². The molecule has 0 spiro atoms. The molecule has 2 saturated carbocycles. The maximum Gasteiger partial charge on any atom is 0.0763 e. The van der Waals surface area contributed by atoms with Crippen LogP contribution in [0.1, 0.15) is 66.2 Å². The number of aliphatic hydroxyl groups excluding tert-OH is 2. The molecule has 2 heteroatoms. The third-order valence-corrected chi connectivity index (χ3v) is 7.09. The molecule has 124 valence electrons. The van der Waals surface area contributed by atoms with Crippen molar-refractivity contribution < 1.29 is 10.2 Å². The molecule has 0 aromatic heterocycles. The van der Waals surface area contributed by atoms with Gasteiger partial charge in [-0.05, 0) is 67.8 Å². The highest BCUT2D eigenvalue weighted by Gasteiger charge is 2.54. The minimum absolute atomic E-state index is 0.0220. The third kappa shape index (κ3) is 2.22. The van der Waals surface area contributed by atoms with Gasteiger partial charge in [0.25, 0.3) is 0 Å². The number of aliphatic hydroxyl groups is 2. The molecule has 0 aliphatic heterocycles.